The third kappa shape index (κ3) is 3.22. The number of hydrogen-bond donors (Lipinski definition) is 0. The van der Waals surface area contributed by atoms with Crippen molar-refractivity contribution in [1.82, 2.24) is 9.78 Å². The zero-order valence-electron chi connectivity index (χ0n) is 11.1. The Morgan fingerprint density at radius 2 is 2.00 bits per heavy atom. The molecule has 0 spiro atoms. The highest BCUT2D eigenvalue weighted by Gasteiger charge is 2.20. The van der Waals surface area contributed by atoms with Crippen molar-refractivity contribution in [3.63, 3.8) is 0 Å². The molecule has 2 rings (SSSR count). The van der Waals surface area contributed by atoms with Crippen LogP contribution in [0.2, 0.25) is 0 Å². The molecule has 1 heterocycles. The molecule has 0 aliphatic carbocycles. The summed E-state index contributed by atoms with van der Waals surface area (Å²) < 4.78 is 8.35. The van der Waals surface area contributed by atoms with Crippen LogP contribution in [0.4, 0.5) is 5.69 Å². The van der Waals surface area contributed by atoms with E-state index in [0.29, 0.717) is 20.6 Å². The number of aryl methyl sites for hydroxylation is 2. The van der Waals surface area contributed by atoms with Gasteiger partial charge >= 0.3 is 0 Å². The van der Waals surface area contributed by atoms with Gasteiger partial charge in [0, 0.05) is 19.2 Å². The van der Waals surface area contributed by atoms with Gasteiger partial charge in [-0.25, -0.2) is 4.68 Å². The number of rotatable bonds is 4. The van der Waals surface area contributed by atoms with Crippen LogP contribution in [0.25, 0.3) is 0 Å². The summed E-state index contributed by atoms with van der Waals surface area (Å²) in [5.41, 5.74) is 1.51. The van der Waals surface area contributed by atoms with E-state index >= 15 is 0 Å². The van der Waals surface area contributed by atoms with E-state index in [9.17, 15) is 10.1 Å². The van der Waals surface area contributed by atoms with Gasteiger partial charge in [0.15, 0.2) is 5.75 Å². The summed E-state index contributed by atoms with van der Waals surface area (Å²) in [4.78, 5) is 10.3. The minimum atomic E-state index is -0.474. The van der Waals surface area contributed by atoms with Crippen LogP contribution in [-0.2, 0) is 12.9 Å². The molecule has 0 saturated carbocycles. The van der Waals surface area contributed by atoms with Gasteiger partial charge in [0.2, 0.25) is 5.88 Å². The molecule has 21 heavy (non-hydrogen) atoms. The molecule has 0 bridgehead atoms. The molecule has 1 aromatic heterocycles. The smallest absolute Gasteiger partial charge is 0.271 e. The average molecular weight is 439 g/mol. The molecule has 112 valence electrons. The number of nitro benzene ring substituents is 1. The molecule has 0 unspecified atom stereocenters. The third-order valence-corrected chi connectivity index (χ3v) is 4.26. The molecule has 0 amide bonds. The van der Waals surface area contributed by atoms with Gasteiger partial charge in [-0.2, -0.15) is 5.10 Å². The summed E-state index contributed by atoms with van der Waals surface area (Å²) in [5, 5.41) is 15.1. The summed E-state index contributed by atoms with van der Waals surface area (Å²) in [5.74, 6) is 1.18. The van der Waals surface area contributed by atoms with Gasteiger partial charge in [0.1, 0.15) is 0 Å². The van der Waals surface area contributed by atoms with E-state index in [4.69, 9.17) is 16.3 Å². The Labute approximate surface area is 142 Å². The number of aromatic nitrogens is 2. The summed E-state index contributed by atoms with van der Waals surface area (Å²) >= 11 is 12.5. The van der Waals surface area contributed by atoms with E-state index in [-0.39, 0.29) is 11.6 Å². The molecule has 0 aliphatic heterocycles. The molecule has 0 radical (unpaired) electrons. The topological polar surface area (TPSA) is 70.2 Å². The van der Waals surface area contributed by atoms with E-state index in [2.05, 4.69) is 37.0 Å². The van der Waals surface area contributed by atoms with Crippen molar-refractivity contribution in [2.75, 3.05) is 0 Å². The molecule has 0 fully saturated rings. The summed E-state index contributed by atoms with van der Waals surface area (Å²) in [7, 11) is 1.74. The second kappa shape index (κ2) is 6.33. The first-order valence-electron chi connectivity index (χ1n) is 5.74. The van der Waals surface area contributed by atoms with Crippen LogP contribution in [0, 0.1) is 17.0 Å². The van der Waals surface area contributed by atoms with Gasteiger partial charge < -0.3 is 4.74 Å². The molecule has 6 nitrogen and oxygen atoms in total. The Morgan fingerprint density at radius 1 is 1.43 bits per heavy atom. The lowest BCUT2D eigenvalue weighted by atomic mass is 10.3. The van der Waals surface area contributed by atoms with Crippen LogP contribution in [0.1, 0.15) is 11.3 Å². The lowest BCUT2D eigenvalue weighted by Crippen LogP contribution is -1.98. The first-order valence-corrected chi connectivity index (χ1v) is 7.87. The monoisotopic (exact) mass is 437 g/mol. The van der Waals surface area contributed by atoms with Gasteiger partial charge in [0.05, 0.1) is 31.0 Å². The Morgan fingerprint density at radius 3 is 2.48 bits per heavy atom. The number of ether oxygens (including phenoxy) is 1. The predicted molar refractivity (Wildman–Crippen MR) is 86.1 cm³/mol. The van der Waals surface area contributed by atoms with Crippen LogP contribution in [0.15, 0.2) is 21.1 Å². The van der Waals surface area contributed by atoms with Crippen LogP contribution < -0.4 is 4.74 Å². The standard InChI is InChI=1S/C12H10Br2ClN3O3/c1-6-8(5-15)12(17(2)16-6)21-11-9(13)3-7(18(19)20)4-10(11)14/h3-4H,5H2,1-2H3. The SMILES string of the molecule is Cc1nn(C)c(Oc2c(Br)cc([N+](=O)[O-])cc2Br)c1CCl. The highest BCUT2D eigenvalue weighted by molar-refractivity contribution is 9.11. The van der Waals surface area contributed by atoms with E-state index in [0.717, 1.165) is 11.3 Å². The fourth-order valence-electron chi connectivity index (χ4n) is 1.81. The Bertz CT molecular complexity index is 695. The molecule has 0 atom stereocenters. The van der Waals surface area contributed by atoms with Crippen molar-refractivity contribution in [1.29, 1.82) is 0 Å². The van der Waals surface area contributed by atoms with E-state index < -0.39 is 4.92 Å². The first kappa shape index (κ1) is 16.3. The van der Waals surface area contributed by atoms with Gasteiger partial charge in [-0.1, -0.05) is 0 Å². The first-order chi connectivity index (χ1) is 9.85. The molecule has 9 heteroatoms. The number of nitrogens with zero attached hydrogens (tertiary/aromatic N) is 3. The number of benzene rings is 1. The average Bonchev–Trinajstić information content (AvgIpc) is 2.67. The minimum Gasteiger partial charge on any atom is -0.437 e. The van der Waals surface area contributed by atoms with Crippen molar-refractivity contribution in [2.45, 2.75) is 12.8 Å². The molecule has 0 aliphatic rings. The maximum Gasteiger partial charge on any atom is 0.271 e. The van der Waals surface area contributed by atoms with E-state index in [1.54, 1.807) is 11.7 Å². The van der Waals surface area contributed by atoms with Crippen molar-refractivity contribution in [2.24, 2.45) is 7.05 Å². The maximum atomic E-state index is 10.8. The number of nitro groups is 1. The summed E-state index contributed by atoms with van der Waals surface area (Å²) in [6.07, 6.45) is 0. The highest BCUT2D eigenvalue weighted by Crippen LogP contribution is 2.41. The molecule has 0 N–H and O–H groups in total. The second-order valence-electron chi connectivity index (χ2n) is 4.22. The zero-order valence-corrected chi connectivity index (χ0v) is 15.0. The quantitative estimate of drug-likeness (QED) is 0.394. The zero-order chi connectivity index (χ0) is 15.7. The molecule has 2 aromatic rings. The molecular weight excluding hydrogens is 429 g/mol. The van der Waals surface area contributed by atoms with Crippen molar-refractivity contribution >= 4 is 49.1 Å². The fraction of sp³-hybridized carbons (Fsp3) is 0.250. The third-order valence-electron chi connectivity index (χ3n) is 2.82. The summed E-state index contributed by atoms with van der Waals surface area (Å²) in [6.45, 7) is 1.84. The normalized spacial score (nSPS) is 10.7. The number of halogens is 3. The van der Waals surface area contributed by atoms with Crippen LogP contribution in [-0.4, -0.2) is 14.7 Å². The van der Waals surface area contributed by atoms with Gasteiger partial charge in [-0.3, -0.25) is 10.1 Å². The van der Waals surface area contributed by atoms with Gasteiger partial charge in [-0.05, 0) is 38.8 Å². The van der Waals surface area contributed by atoms with Gasteiger partial charge in [-0.15, -0.1) is 11.6 Å². The van der Waals surface area contributed by atoms with Gasteiger partial charge in [0.25, 0.3) is 5.69 Å². The number of non-ortho nitro benzene ring substituents is 1. The maximum absolute atomic E-state index is 10.8. The Kier molecular flexibility index (Phi) is 4.90. The molecule has 0 saturated heterocycles. The van der Waals surface area contributed by atoms with Crippen molar-refractivity contribution in [3.8, 4) is 11.6 Å². The van der Waals surface area contributed by atoms with E-state index in [1.165, 1.54) is 12.1 Å². The Balaban J connectivity index is 2.48. The molecule has 1 aromatic carbocycles. The second-order valence-corrected chi connectivity index (χ2v) is 6.20. The fourth-order valence-corrected chi connectivity index (χ4v) is 3.44. The van der Waals surface area contributed by atoms with Crippen LogP contribution in [0.5, 0.6) is 11.6 Å². The van der Waals surface area contributed by atoms with E-state index in [1.807, 2.05) is 6.92 Å². The highest BCUT2D eigenvalue weighted by atomic mass is 79.9. The number of hydrogen-bond acceptors (Lipinski definition) is 4. The largest absolute Gasteiger partial charge is 0.437 e. The minimum absolute atomic E-state index is 0.0418. The molecular formula is C12H10Br2ClN3O3. The summed E-state index contributed by atoms with van der Waals surface area (Å²) in [6, 6.07) is 2.76. The lowest BCUT2D eigenvalue weighted by molar-refractivity contribution is -0.385. The van der Waals surface area contributed by atoms with Crippen LogP contribution >= 0.6 is 43.5 Å². The Hall–Kier alpha value is -1.12. The number of alkyl halides is 1. The van der Waals surface area contributed by atoms with Crippen LogP contribution in [0.3, 0.4) is 0 Å². The lowest BCUT2D eigenvalue weighted by Gasteiger charge is -2.11. The van der Waals surface area contributed by atoms with Crippen molar-refractivity contribution < 1.29 is 9.66 Å². The predicted octanol–water partition coefficient (Wildman–Crippen LogP) is 4.69. The van der Waals surface area contributed by atoms with Crippen molar-refractivity contribution in [3.05, 3.63) is 42.4 Å².